The van der Waals surface area contributed by atoms with Crippen molar-refractivity contribution in [3.05, 3.63) is 83.6 Å². The third-order valence-corrected chi connectivity index (χ3v) is 6.01. The highest BCUT2D eigenvalue weighted by Gasteiger charge is 2.49. The zero-order valence-electron chi connectivity index (χ0n) is 18.1. The van der Waals surface area contributed by atoms with Crippen LogP contribution in [0.2, 0.25) is 0 Å². The van der Waals surface area contributed by atoms with Crippen LogP contribution in [-0.2, 0) is 10.6 Å². The molecule has 0 spiro atoms. The van der Waals surface area contributed by atoms with Gasteiger partial charge in [0.2, 0.25) is 0 Å². The summed E-state index contributed by atoms with van der Waals surface area (Å²) in [5.74, 6) is 1.03. The minimum Gasteiger partial charge on any atom is -0.496 e. The van der Waals surface area contributed by atoms with Crippen molar-refractivity contribution >= 4 is 11.9 Å². The third kappa shape index (κ3) is 3.72. The second-order valence-corrected chi connectivity index (χ2v) is 7.93. The smallest absolute Gasteiger partial charge is 0.260 e. The molecule has 1 N–H and O–H groups in total. The summed E-state index contributed by atoms with van der Waals surface area (Å²) < 4.78 is 19.1. The minimum absolute atomic E-state index is 0.306. The van der Waals surface area contributed by atoms with Gasteiger partial charge in [-0.2, -0.15) is 0 Å². The maximum atomic E-state index is 13.5. The van der Waals surface area contributed by atoms with Gasteiger partial charge < -0.3 is 19.6 Å². The average molecular weight is 446 g/mol. The summed E-state index contributed by atoms with van der Waals surface area (Å²) in [6.45, 7) is 0.364. The van der Waals surface area contributed by atoms with Gasteiger partial charge >= 0.3 is 0 Å². The second-order valence-electron chi connectivity index (χ2n) is 7.93. The van der Waals surface area contributed by atoms with Gasteiger partial charge in [0.05, 0.1) is 19.0 Å². The van der Waals surface area contributed by atoms with E-state index in [0.29, 0.717) is 23.7 Å². The lowest BCUT2D eigenvalue weighted by atomic mass is 9.94. The van der Waals surface area contributed by atoms with E-state index < -0.39 is 5.72 Å². The lowest BCUT2D eigenvalue weighted by molar-refractivity contribution is -0.137. The van der Waals surface area contributed by atoms with Gasteiger partial charge in [-0.25, -0.2) is 4.39 Å². The maximum Gasteiger partial charge on any atom is 0.260 e. The Morgan fingerprint density at radius 1 is 1.21 bits per heavy atom. The quantitative estimate of drug-likeness (QED) is 0.639. The van der Waals surface area contributed by atoms with Gasteiger partial charge in [0.15, 0.2) is 5.84 Å². The molecule has 2 aliphatic rings. The van der Waals surface area contributed by atoms with E-state index in [1.807, 2.05) is 23.1 Å². The van der Waals surface area contributed by atoms with E-state index in [0.717, 1.165) is 35.2 Å². The van der Waals surface area contributed by atoms with Crippen molar-refractivity contribution in [2.24, 2.45) is 5.16 Å². The number of piperidine rings is 1. The molecule has 2 aliphatic heterocycles. The predicted octanol–water partition coefficient (Wildman–Crippen LogP) is 3.96. The Morgan fingerprint density at radius 2 is 2.06 bits per heavy atom. The summed E-state index contributed by atoms with van der Waals surface area (Å²) in [6, 6.07) is 11.9. The molecular formula is C25H23FN4O3. The number of halogens is 1. The third-order valence-electron chi connectivity index (χ3n) is 6.01. The number of methoxy groups -OCH3 is 1. The normalized spacial score (nSPS) is 20.9. The van der Waals surface area contributed by atoms with Crippen LogP contribution >= 0.6 is 0 Å². The maximum absolute atomic E-state index is 13.5. The van der Waals surface area contributed by atoms with E-state index in [2.05, 4.69) is 21.2 Å². The van der Waals surface area contributed by atoms with Crippen LogP contribution in [0.25, 0.3) is 17.3 Å². The number of nitrogens with zero attached hydrogens (tertiary/aromatic N) is 4. The number of rotatable bonds is 5. The summed E-state index contributed by atoms with van der Waals surface area (Å²) in [4.78, 5) is 16.3. The second kappa shape index (κ2) is 8.63. The molecule has 5 rings (SSSR count). The largest absolute Gasteiger partial charge is 0.496 e. The number of hydrogen-bond acceptors (Lipinski definition) is 7. The number of fused-ring (bicyclic) bond motifs is 1. The number of hydrogen-bond donors (Lipinski definition) is 1. The number of amidine groups is 1. The number of aromatic nitrogens is 2. The van der Waals surface area contributed by atoms with Gasteiger partial charge in [-0.15, -0.1) is 0 Å². The molecule has 1 aromatic heterocycles. The molecule has 0 radical (unpaired) electrons. The van der Waals surface area contributed by atoms with Gasteiger partial charge in [-0.05, 0) is 66.5 Å². The molecule has 1 saturated heterocycles. The summed E-state index contributed by atoms with van der Waals surface area (Å²) in [5.41, 5.74) is 3.03. The number of ether oxygens (including phenoxy) is 1. The first-order valence-electron chi connectivity index (χ1n) is 10.7. The molecule has 1 atom stereocenters. The molecule has 3 aromatic rings. The Bertz CT molecular complexity index is 1210. The van der Waals surface area contributed by atoms with Crippen molar-refractivity contribution < 1.29 is 19.1 Å². The van der Waals surface area contributed by atoms with Crippen molar-refractivity contribution in [3.63, 3.8) is 0 Å². The number of oxime groups is 1. The van der Waals surface area contributed by atoms with Gasteiger partial charge in [0.25, 0.3) is 5.72 Å². The first-order chi connectivity index (χ1) is 16.1. The summed E-state index contributed by atoms with van der Waals surface area (Å²) in [5, 5.41) is 14.6. The molecule has 33 heavy (non-hydrogen) atoms. The minimum atomic E-state index is -1.16. The van der Waals surface area contributed by atoms with Crippen LogP contribution in [0, 0.1) is 5.82 Å². The van der Waals surface area contributed by atoms with Crippen LogP contribution < -0.4 is 4.74 Å². The zero-order chi connectivity index (χ0) is 22.8. The number of benzene rings is 2. The van der Waals surface area contributed by atoms with Gasteiger partial charge in [-0.3, -0.25) is 9.97 Å². The topological polar surface area (TPSA) is 80.1 Å². The molecule has 8 heteroatoms. The first-order valence-corrected chi connectivity index (χ1v) is 10.7. The highest BCUT2D eigenvalue weighted by molar-refractivity contribution is 6.03. The van der Waals surface area contributed by atoms with E-state index in [1.54, 1.807) is 37.8 Å². The molecule has 0 saturated carbocycles. The first kappa shape index (κ1) is 21.1. The fourth-order valence-corrected chi connectivity index (χ4v) is 4.36. The van der Waals surface area contributed by atoms with Crippen LogP contribution in [-0.4, -0.2) is 46.1 Å². The van der Waals surface area contributed by atoms with E-state index in [1.165, 1.54) is 12.1 Å². The molecule has 0 bridgehead atoms. The van der Waals surface area contributed by atoms with Gasteiger partial charge in [0, 0.05) is 30.1 Å². The van der Waals surface area contributed by atoms with Crippen LogP contribution in [0.5, 0.6) is 5.75 Å². The Hall–Kier alpha value is -3.78. The Morgan fingerprint density at radius 3 is 2.79 bits per heavy atom. The molecule has 1 fully saturated rings. The van der Waals surface area contributed by atoms with Crippen molar-refractivity contribution in [2.45, 2.75) is 18.6 Å². The molecule has 1 unspecified atom stereocenters. The Labute approximate surface area is 190 Å². The number of aliphatic hydroxyl groups excluding tert-OH is 1. The van der Waals surface area contributed by atoms with Crippen LogP contribution in [0.1, 0.15) is 24.0 Å². The van der Waals surface area contributed by atoms with E-state index in [-0.39, 0.29) is 12.4 Å². The standard InChI is InChI=1S/C25H23FN4O3/c1-32-23-14-17(4-9-21(23)22-15-27-10-11-28-22)13-18-3-2-12-30-24(18)29-33-25(30,16-31)19-5-7-20(26)8-6-19/h4-11,13-15,31H,2-3,12,16H2,1H3/b18-13+. The zero-order valence-corrected chi connectivity index (χ0v) is 18.1. The Kier molecular flexibility index (Phi) is 5.51. The SMILES string of the molecule is COc1cc(/C=C2\CCCN3C2=NOC3(CO)c2ccc(F)cc2)ccc1-c1cnccn1. The van der Waals surface area contributed by atoms with Crippen LogP contribution in [0.3, 0.4) is 0 Å². The fraction of sp³-hybridized carbons (Fsp3) is 0.240. The fourth-order valence-electron chi connectivity index (χ4n) is 4.36. The van der Waals surface area contributed by atoms with E-state index in [4.69, 9.17) is 9.57 Å². The summed E-state index contributed by atoms with van der Waals surface area (Å²) in [6.07, 6.45) is 8.71. The van der Waals surface area contributed by atoms with E-state index in [9.17, 15) is 9.50 Å². The molecule has 0 aliphatic carbocycles. The lowest BCUT2D eigenvalue weighted by Crippen LogP contribution is -2.51. The van der Waals surface area contributed by atoms with Crippen molar-refractivity contribution in [3.8, 4) is 17.0 Å². The van der Waals surface area contributed by atoms with Crippen molar-refractivity contribution in [2.75, 3.05) is 20.3 Å². The highest BCUT2D eigenvalue weighted by Crippen LogP contribution is 2.40. The average Bonchev–Trinajstić information content (AvgIpc) is 3.26. The molecule has 168 valence electrons. The summed E-state index contributed by atoms with van der Waals surface area (Å²) in [7, 11) is 1.63. The molecule has 3 heterocycles. The Balaban J connectivity index is 1.47. The lowest BCUT2D eigenvalue weighted by Gasteiger charge is -2.38. The molecular weight excluding hydrogens is 423 g/mol. The highest BCUT2D eigenvalue weighted by atomic mass is 19.1. The molecule has 0 amide bonds. The number of aliphatic hydroxyl groups is 1. The van der Waals surface area contributed by atoms with Gasteiger partial charge in [-0.1, -0.05) is 11.2 Å². The van der Waals surface area contributed by atoms with Crippen molar-refractivity contribution in [1.82, 2.24) is 14.9 Å². The van der Waals surface area contributed by atoms with Crippen molar-refractivity contribution in [1.29, 1.82) is 0 Å². The predicted molar refractivity (Wildman–Crippen MR) is 122 cm³/mol. The molecule has 2 aromatic carbocycles. The monoisotopic (exact) mass is 446 g/mol. The van der Waals surface area contributed by atoms with Crippen LogP contribution in [0.15, 0.2) is 71.8 Å². The van der Waals surface area contributed by atoms with Crippen LogP contribution in [0.4, 0.5) is 4.39 Å². The van der Waals surface area contributed by atoms with Gasteiger partial charge in [0.1, 0.15) is 18.2 Å². The summed E-state index contributed by atoms with van der Waals surface area (Å²) >= 11 is 0. The molecule has 7 nitrogen and oxygen atoms in total. The van der Waals surface area contributed by atoms with E-state index >= 15 is 0 Å².